The third-order valence-corrected chi connectivity index (χ3v) is 3.12. The second-order valence-corrected chi connectivity index (χ2v) is 4.56. The number of benzene rings is 2. The summed E-state index contributed by atoms with van der Waals surface area (Å²) in [6.45, 7) is 1.89. The molecule has 0 saturated carbocycles. The Labute approximate surface area is 128 Å². The van der Waals surface area contributed by atoms with Crippen LogP contribution in [0.1, 0.15) is 26.3 Å². The second-order valence-electron chi connectivity index (χ2n) is 4.56. The number of carbonyl (C=O) groups is 2. The van der Waals surface area contributed by atoms with Gasteiger partial charge in [-0.25, -0.2) is 9.59 Å². The first-order chi connectivity index (χ1) is 10.6. The van der Waals surface area contributed by atoms with E-state index in [2.05, 4.69) is 4.74 Å². The molecule has 0 aliphatic carbocycles. The summed E-state index contributed by atoms with van der Waals surface area (Å²) < 4.78 is 15.2. The monoisotopic (exact) mass is 300 g/mol. The fraction of sp³-hybridized carbons (Fsp3) is 0.176. The Morgan fingerprint density at radius 1 is 0.864 bits per heavy atom. The number of aryl methyl sites for hydroxylation is 1. The van der Waals surface area contributed by atoms with Crippen LogP contribution in [0.25, 0.3) is 0 Å². The number of esters is 2. The number of hydrogen-bond donors (Lipinski definition) is 0. The lowest BCUT2D eigenvalue weighted by atomic mass is 10.1. The molecule has 0 aliphatic heterocycles. The molecular formula is C17H16O5. The van der Waals surface area contributed by atoms with Crippen LogP contribution in [0, 0.1) is 6.92 Å². The average molecular weight is 300 g/mol. The van der Waals surface area contributed by atoms with Crippen molar-refractivity contribution >= 4 is 11.9 Å². The van der Waals surface area contributed by atoms with Crippen molar-refractivity contribution < 1.29 is 23.8 Å². The van der Waals surface area contributed by atoms with Gasteiger partial charge in [0.15, 0.2) is 0 Å². The normalized spacial score (nSPS) is 9.95. The van der Waals surface area contributed by atoms with E-state index in [1.54, 1.807) is 6.07 Å². The van der Waals surface area contributed by atoms with Crippen molar-refractivity contribution in [3.05, 3.63) is 59.2 Å². The minimum absolute atomic E-state index is 0.235. The van der Waals surface area contributed by atoms with Crippen molar-refractivity contribution in [2.24, 2.45) is 0 Å². The number of carbonyl (C=O) groups excluding carboxylic acids is 2. The Kier molecular flexibility index (Phi) is 4.78. The zero-order chi connectivity index (χ0) is 16.1. The SMILES string of the molecule is COC(=O)c1ccc(C(=O)OC)c(Oc2ccccc2C)c1. The van der Waals surface area contributed by atoms with Crippen LogP contribution < -0.4 is 4.74 Å². The van der Waals surface area contributed by atoms with Crippen LogP contribution in [-0.4, -0.2) is 26.2 Å². The van der Waals surface area contributed by atoms with Crippen LogP contribution >= 0.6 is 0 Å². The molecule has 2 rings (SSSR count). The van der Waals surface area contributed by atoms with Crippen LogP contribution in [0.4, 0.5) is 0 Å². The summed E-state index contributed by atoms with van der Waals surface area (Å²) in [6, 6.07) is 11.8. The standard InChI is InChI=1S/C17H16O5/c1-11-6-4-5-7-14(11)22-15-10-12(16(18)20-2)8-9-13(15)17(19)21-3/h4-10H,1-3H3. The highest BCUT2D eigenvalue weighted by Crippen LogP contribution is 2.29. The largest absolute Gasteiger partial charge is 0.465 e. The van der Waals surface area contributed by atoms with Gasteiger partial charge < -0.3 is 14.2 Å². The highest BCUT2D eigenvalue weighted by molar-refractivity contribution is 5.96. The molecule has 0 bridgehead atoms. The fourth-order valence-electron chi connectivity index (χ4n) is 1.92. The van der Waals surface area contributed by atoms with Gasteiger partial charge >= 0.3 is 11.9 Å². The molecule has 22 heavy (non-hydrogen) atoms. The van der Waals surface area contributed by atoms with Crippen LogP contribution in [0.3, 0.4) is 0 Å². The molecule has 2 aromatic carbocycles. The highest BCUT2D eigenvalue weighted by atomic mass is 16.5. The van der Waals surface area contributed by atoms with E-state index in [1.165, 1.54) is 32.4 Å². The van der Waals surface area contributed by atoms with Gasteiger partial charge in [-0.2, -0.15) is 0 Å². The Hall–Kier alpha value is -2.82. The van der Waals surface area contributed by atoms with Crippen molar-refractivity contribution in [2.45, 2.75) is 6.92 Å². The van der Waals surface area contributed by atoms with E-state index in [9.17, 15) is 9.59 Å². The molecule has 0 radical (unpaired) electrons. The second kappa shape index (κ2) is 6.76. The van der Waals surface area contributed by atoms with Crippen LogP contribution in [0.15, 0.2) is 42.5 Å². The molecule has 114 valence electrons. The van der Waals surface area contributed by atoms with E-state index >= 15 is 0 Å². The maximum absolute atomic E-state index is 11.8. The quantitative estimate of drug-likeness (QED) is 0.810. The van der Waals surface area contributed by atoms with Crippen molar-refractivity contribution in [1.82, 2.24) is 0 Å². The highest BCUT2D eigenvalue weighted by Gasteiger charge is 2.17. The van der Waals surface area contributed by atoms with Crippen molar-refractivity contribution in [3.63, 3.8) is 0 Å². The topological polar surface area (TPSA) is 61.8 Å². The summed E-state index contributed by atoms with van der Waals surface area (Å²) in [5, 5.41) is 0. The van der Waals surface area contributed by atoms with Crippen molar-refractivity contribution in [1.29, 1.82) is 0 Å². The molecule has 0 heterocycles. The Balaban J connectivity index is 2.47. The van der Waals surface area contributed by atoms with E-state index in [0.717, 1.165) is 5.56 Å². The molecule has 0 spiro atoms. The molecular weight excluding hydrogens is 284 g/mol. The lowest BCUT2D eigenvalue weighted by molar-refractivity contribution is 0.0584. The molecule has 0 unspecified atom stereocenters. The minimum Gasteiger partial charge on any atom is -0.465 e. The first kappa shape index (κ1) is 15.6. The Morgan fingerprint density at radius 2 is 1.55 bits per heavy atom. The summed E-state index contributed by atoms with van der Waals surface area (Å²) in [4.78, 5) is 23.5. The number of hydrogen-bond acceptors (Lipinski definition) is 5. The van der Waals surface area contributed by atoms with Gasteiger partial charge in [-0.05, 0) is 36.8 Å². The minimum atomic E-state index is -0.542. The zero-order valence-electron chi connectivity index (χ0n) is 12.6. The van der Waals surface area contributed by atoms with Gasteiger partial charge in [0.2, 0.25) is 0 Å². The third kappa shape index (κ3) is 3.25. The maximum atomic E-state index is 11.8. The van der Waals surface area contributed by atoms with E-state index in [4.69, 9.17) is 9.47 Å². The fourth-order valence-corrected chi connectivity index (χ4v) is 1.92. The zero-order valence-corrected chi connectivity index (χ0v) is 12.6. The van der Waals surface area contributed by atoms with E-state index in [1.807, 2.05) is 25.1 Å². The van der Waals surface area contributed by atoms with E-state index in [0.29, 0.717) is 11.3 Å². The molecule has 0 fully saturated rings. The molecule has 0 aromatic heterocycles. The maximum Gasteiger partial charge on any atom is 0.341 e. The van der Waals surface area contributed by atoms with Crippen molar-refractivity contribution in [3.8, 4) is 11.5 Å². The Morgan fingerprint density at radius 3 is 2.18 bits per heavy atom. The number of para-hydroxylation sites is 1. The van der Waals surface area contributed by atoms with Gasteiger partial charge in [0, 0.05) is 0 Å². The third-order valence-electron chi connectivity index (χ3n) is 3.12. The van der Waals surface area contributed by atoms with Crippen molar-refractivity contribution in [2.75, 3.05) is 14.2 Å². The molecule has 2 aromatic rings. The molecule has 5 nitrogen and oxygen atoms in total. The first-order valence-corrected chi connectivity index (χ1v) is 6.61. The average Bonchev–Trinajstić information content (AvgIpc) is 2.55. The van der Waals surface area contributed by atoms with Gasteiger partial charge in [-0.1, -0.05) is 18.2 Å². The lowest BCUT2D eigenvalue weighted by Gasteiger charge is -2.13. The van der Waals surface area contributed by atoms with Gasteiger partial charge in [-0.15, -0.1) is 0 Å². The molecule has 0 aliphatic rings. The molecule has 0 saturated heterocycles. The molecule has 0 atom stereocenters. The summed E-state index contributed by atoms with van der Waals surface area (Å²) >= 11 is 0. The van der Waals surface area contributed by atoms with Gasteiger partial charge in [0.1, 0.15) is 17.1 Å². The molecule has 5 heteroatoms. The number of rotatable bonds is 4. The number of methoxy groups -OCH3 is 2. The summed E-state index contributed by atoms with van der Waals surface area (Å²) in [6.07, 6.45) is 0. The van der Waals surface area contributed by atoms with Crippen LogP contribution in [-0.2, 0) is 9.47 Å². The molecule has 0 amide bonds. The van der Waals surface area contributed by atoms with E-state index in [-0.39, 0.29) is 11.3 Å². The van der Waals surface area contributed by atoms with Gasteiger partial charge in [-0.3, -0.25) is 0 Å². The van der Waals surface area contributed by atoms with Gasteiger partial charge in [0.05, 0.1) is 19.8 Å². The van der Waals surface area contributed by atoms with Crippen LogP contribution in [0.2, 0.25) is 0 Å². The summed E-state index contributed by atoms with van der Waals surface area (Å²) in [7, 11) is 2.58. The lowest BCUT2D eigenvalue weighted by Crippen LogP contribution is -2.07. The smallest absolute Gasteiger partial charge is 0.341 e. The molecule has 0 N–H and O–H groups in total. The summed E-state index contributed by atoms with van der Waals surface area (Å²) in [5.74, 6) is -0.218. The summed E-state index contributed by atoms with van der Waals surface area (Å²) in [5.41, 5.74) is 1.43. The van der Waals surface area contributed by atoms with Gasteiger partial charge in [0.25, 0.3) is 0 Å². The predicted molar refractivity (Wildman–Crippen MR) is 80.4 cm³/mol. The first-order valence-electron chi connectivity index (χ1n) is 6.61. The van der Waals surface area contributed by atoms with E-state index < -0.39 is 11.9 Å². The predicted octanol–water partition coefficient (Wildman–Crippen LogP) is 3.36. The van der Waals surface area contributed by atoms with Crippen LogP contribution in [0.5, 0.6) is 11.5 Å². The Bertz CT molecular complexity index is 706. The number of ether oxygens (including phenoxy) is 3.